The van der Waals surface area contributed by atoms with Gasteiger partial charge in [0.25, 0.3) is 0 Å². The van der Waals surface area contributed by atoms with Crippen LogP contribution in [0.3, 0.4) is 0 Å². The van der Waals surface area contributed by atoms with Crippen LogP contribution in [0.25, 0.3) is 0 Å². The second-order valence-corrected chi connectivity index (χ2v) is 4.75. The van der Waals surface area contributed by atoms with Crippen LogP contribution >= 0.6 is 0 Å². The summed E-state index contributed by atoms with van der Waals surface area (Å²) in [5.41, 5.74) is 2.10. The maximum Gasteiger partial charge on any atom is 0.325 e. The Morgan fingerprint density at radius 3 is 3.15 bits per heavy atom. The van der Waals surface area contributed by atoms with Gasteiger partial charge in [0.2, 0.25) is 0 Å². The van der Waals surface area contributed by atoms with Gasteiger partial charge in [-0.3, -0.25) is 20.1 Å². The van der Waals surface area contributed by atoms with E-state index in [1.54, 1.807) is 18.6 Å². The largest absolute Gasteiger partial charge is 0.460 e. The highest BCUT2D eigenvalue weighted by atomic mass is 16.5. The number of carbonyl (C=O) groups is 1. The van der Waals surface area contributed by atoms with Gasteiger partial charge < -0.3 is 9.64 Å². The zero-order chi connectivity index (χ0) is 13.8. The van der Waals surface area contributed by atoms with Gasteiger partial charge in [-0.1, -0.05) is 0 Å². The Morgan fingerprint density at radius 1 is 1.45 bits per heavy atom. The van der Waals surface area contributed by atoms with Gasteiger partial charge in [-0.15, -0.1) is 0 Å². The Bertz CT molecular complexity index is 541. The third-order valence-electron chi connectivity index (χ3n) is 3.38. The molecule has 6 heteroatoms. The highest BCUT2D eigenvalue weighted by molar-refractivity contribution is 5.77. The fourth-order valence-corrected chi connectivity index (χ4v) is 2.23. The van der Waals surface area contributed by atoms with Gasteiger partial charge in [0.05, 0.1) is 0 Å². The summed E-state index contributed by atoms with van der Waals surface area (Å²) in [5, 5.41) is 3.20. The Balaban J connectivity index is 1.53. The molecule has 0 saturated carbocycles. The lowest BCUT2D eigenvalue weighted by molar-refractivity contribution is -0.148. The second kappa shape index (κ2) is 5.83. The van der Waals surface area contributed by atoms with Crippen LogP contribution in [0, 0.1) is 0 Å². The molecule has 1 unspecified atom stereocenters. The zero-order valence-electron chi connectivity index (χ0n) is 11.0. The Morgan fingerprint density at radius 2 is 2.30 bits per heavy atom. The van der Waals surface area contributed by atoms with Gasteiger partial charge in [-0.25, -0.2) is 0 Å². The van der Waals surface area contributed by atoms with Gasteiger partial charge in [0.1, 0.15) is 19.3 Å². The number of fused-ring (bicyclic) bond motifs is 1. The highest BCUT2D eigenvalue weighted by Gasteiger charge is 2.29. The molecule has 1 N–H and O–H groups in total. The monoisotopic (exact) mass is 272 g/mol. The molecular formula is C14H16N4O2. The van der Waals surface area contributed by atoms with E-state index in [0.29, 0.717) is 19.8 Å². The lowest BCUT2D eigenvalue weighted by Crippen LogP contribution is -2.53. The van der Waals surface area contributed by atoms with Gasteiger partial charge in [-0.05, 0) is 23.8 Å². The molecule has 2 aliphatic rings. The van der Waals surface area contributed by atoms with Crippen LogP contribution in [-0.2, 0) is 16.1 Å². The number of hydrogen-bond acceptors (Lipinski definition) is 6. The summed E-state index contributed by atoms with van der Waals surface area (Å²) in [6.07, 6.45) is 7.14. The first-order chi connectivity index (χ1) is 9.83. The smallest absolute Gasteiger partial charge is 0.325 e. The van der Waals surface area contributed by atoms with Crippen molar-refractivity contribution in [1.82, 2.24) is 15.2 Å². The van der Waals surface area contributed by atoms with Crippen molar-refractivity contribution in [2.45, 2.75) is 12.6 Å². The lowest BCUT2D eigenvalue weighted by Gasteiger charge is -2.36. The predicted molar refractivity (Wildman–Crippen MR) is 74.0 cm³/mol. The third-order valence-corrected chi connectivity index (χ3v) is 3.38. The number of nitrogens with zero attached hydrogens (tertiary/aromatic N) is 3. The molecule has 6 nitrogen and oxygen atoms in total. The quantitative estimate of drug-likeness (QED) is 0.803. The first kappa shape index (κ1) is 12.8. The van der Waals surface area contributed by atoms with Crippen molar-refractivity contribution in [3.05, 3.63) is 41.9 Å². The number of piperazine rings is 1. The summed E-state index contributed by atoms with van der Waals surface area (Å²) in [5.74, 6) is -0.226. The Labute approximate surface area is 117 Å². The number of ether oxygens (including phenoxy) is 1. The van der Waals surface area contributed by atoms with Crippen LogP contribution in [0.15, 0.2) is 41.3 Å². The van der Waals surface area contributed by atoms with Crippen molar-refractivity contribution in [3.8, 4) is 0 Å². The minimum atomic E-state index is -0.303. The number of aromatic nitrogens is 1. The standard InChI is InChI=1S/C14H16N4O2/c19-14(20-9-11-1-4-15-5-2-11)13-8-18-10-16-6-3-12(18)7-17-13/h1-6,13,17H,7-10H2. The van der Waals surface area contributed by atoms with Crippen LogP contribution in [0.2, 0.25) is 0 Å². The topological polar surface area (TPSA) is 66.8 Å². The zero-order valence-corrected chi connectivity index (χ0v) is 11.0. The SMILES string of the molecule is O=C(OCc1ccncc1)C1CN2CN=CC=C2CN1. The van der Waals surface area contributed by atoms with Gasteiger partial charge in [0, 0.05) is 37.4 Å². The number of esters is 1. The normalized spacial score (nSPS) is 21.1. The number of nitrogens with one attached hydrogen (secondary N) is 1. The highest BCUT2D eigenvalue weighted by Crippen LogP contribution is 2.13. The number of aliphatic imine (C=N–C) groups is 1. The Kier molecular flexibility index (Phi) is 3.73. The number of carbonyl (C=O) groups excluding carboxylic acids is 1. The molecule has 0 aliphatic carbocycles. The van der Waals surface area contributed by atoms with Gasteiger partial charge in [0.15, 0.2) is 0 Å². The molecule has 104 valence electrons. The molecule has 0 spiro atoms. The molecule has 0 radical (unpaired) electrons. The predicted octanol–water partition coefficient (Wildman–Crippen LogP) is 0.324. The molecule has 0 bridgehead atoms. The molecule has 1 aromatic heterocycles. The molecule has 1 fully saturated rings. The fourth-order valence-electron chi connectivity index (χ4n) is 2.23. The van der Waals surface area contributed by atoms with Gasteiger partial charge >= 0.3 is 5.97 Å². The third kappa shape index (κ3) is 2.85. The van der Waals surface area contributed by atoms with Crippen molar-refractivity contribution in [3.63, 3.8) is 0 Å². The summed E-state index contributed by atoms with van der Waals surface area (Å²) in [6.45, 7) is 2.15. The summed E-state index contributed by atoms with van der Waals surface area (Å²) >= 11 is 0. The minimum absolute atomic E-state index is 0.226. The molecule has 0 aromatic carbocycles. The van der Waals surface area contributed by atoms with Crippen molar-refractivity contribution >= 4 is 12.2 Å². The molecule has 3 heterocycles. The number of rotatable bonds is 3. The van der Waals surface area contributed by atoms with Crippen LogP contribution in [0.4, 0.5) is 0 Å². The Hall–Kier alpha value is -2.21. The van der Waals surface area contributed by atoms with E-state index in [1.807, 2.05) is 18.2 Å². The average molecular weight is 272 g/mol. The molecule has 2 aliphatic heterocycles. The number of allylic oxidation sites excluding steroid dienone is 1. The van der Waals surface area contributed by atoms with Crippen molar-refractivity contribution in [2.24, 2.45) is 4.99 Å². The van der Waals surface area contributed by atoms with Crippen LogP contribution in [0.5, 0.6) is 0 Å². The number of hydrogen-bond donors (Lipinski definition) is 1. The molecular weight excluding hydrogens is 256 g/mol. The molecule has 0 amide bonds. The molecule has 1 saturated heterocycles. The van der Waals surface area contributed by atoms with E-state index in [-0.39, 0.29) is 18.6 Å². The molecule has 1 aromatic rings. The maximum atomic E-state index is 12.1. The average Bonchev–Trinajstić information content (AvgIpc) is 2.53. The van der Waals surface area contributed by atoms with E-state index >= 15 is 0 Å². The van der Waals surface area contributed by atoms with Crippen LogP contribution in [0.1, 0.15) is 5.56 Å². The first-order valence-electron chi connectivity index (χ1n) is 6.56. The lowest BCUT2D eigenvalue weighted by atomic mass is 10.1. The van der Waals surface area contributed by atoms with E-state index < -0.39 is 0 Å². The van der Waals surface area contributed by atoms with Crippen molar-refractivity contribution in [2.75, 3.05) is 19.8 Å². The van der Waals surface area contributed by atoms with E-state index in [9.17, 15) is 4.79 Å². The van der Waals surface area contributed by atoms with Gasteiger partial charge in [-0.2, -0.15) is 0 Å². The van der Waals surface area contributed by atoms with E-state index in [0.717, 1.165) is 11.3 Å². The summed E-state index contributed by atoms with van der Waals surface area (Å²) in [7, 11) is 0. The molecule has 20 heavy (non-hydrogen) atoms. The molecule has 1 atom stereocenters. The fraction of sp³-hybridized carbons (Fsp3) is 0.357. The summed E-state index contributed by atoms with van der Waals surface area (Å²) in [4.78, 5) is 22.3. The molecule has 3 rings (SSSR count). The van der Waals surface area contributed by atoms with Crippen LogP contribution in [-0.4, -0.2) is 47.9 Å². The van der Waals surface area contributed by atoms with E-state index in [1.165, 1.54) is 0 Å². The van der Waals surface area contributed by atoms with Crippen LogP contribution < -0.4 is 5.32 Å². The maximum absolute atomic E-state index is 12.1. The van der Waals surface area contributed by atoms with Crippen molar-refractivity contribution < 1.29 is 9.53 Å². The minimum Gasteiger partial charge on any atom is -0.460 e. The number of pyridine rings is 1. The van der Waals surface area contributed by atoms with Crippen molar-refractivity contribution in [1.29, 1.82) is 0 Å². The summed E-state index contributed by atoms with van der Waals surface area (Å²) < 4.78 is 5.33. The second-order valence-electron chi connectivity index (χ2n) is 4.75. The first-order valence-corrected chi connectivity index (χ1v) is 6.56. The van der Waals surface area contributed by atoms with E-state index in [4.69, 9.17) is 4.74 Å². The summed E-state index contributed by atoms with van der Waals surface area (Å²) in [6, 6.07) is 3.37. The van der Waals surface area contributed by atoms with E-state index in [2.05, 4.69) is 20.2 Å².